The molecule has 0 amide bonds. The monoisotopic (exact) mass is 465 g/mol. The number of hydrogen-bond acceptors (Lipinski definition) is 2. The third-order valence-corrected chi connectivity index (χ3v) is 7.92. The van der Waals surface area contributed by atoms with Crippen LogP contribution in [0.5, 0.6) is 0 Å². The van der Waals surface area contributed by atoms with Gasteiger partial charge in [0.1, 0.15) is 11.2 Å². The molecule has 2 aromatic heterocycles. The Morgan fingerprint density at radius 2 is 1.50 bits per heavy atom. The molecule has 2 heteroatoms. The first kappa shape index (κ1) is 21.1. The molecule has 0 radical (unpaired) electrons. The predicted molar refractivity (Wildman–Crippen MR) is 149 cm³/mol. The third kappa shape index (κ3) is 2.88. The molecular formula is C34H27NO. The summed E-state index contributed by atoms with van der Waals surface area (Å²) in [6, 6.07) is 32.5. The summed E-state index contributed by atoms with van der Waals surface area (Å²) in [4.78, 5) is 4.96. The van der Waals surface area contributed by atoms with E-state index in [0.29, 0.717) is 0 Å². The molecule has 0 atom stereocenters. The molecular weight excluding hydrogens is 438 g/mol. The molecule has 4 aromatic carbocycles. The van der Waals surface area contributed by atoms with Crippen molar-refractivity contribution in [1.82, 2.24) is 4.98 Å². The van der Waals surface area contributed by atoms with Crippen molar-refractivity contribution in [2.24, 2.45) is 0 Å². The molecule has 6 aromatic rings. The molecule has 0 bridgehead atoms. The van der Waals surface area contributed by atoms with Gasteiger partial charge in [-0.05, 0) is 58.0 Å². The molecule has 1 aliphatic rings. The fourth-order valence-corrected chi connectivity index (χ4v) is 6.19. The average Bonchev–Trinajstić information content (AvgIpc) is 3.42. The standard InChI is InChI=1S/C34H27NO/c1-4-21-16-18-26(33-31(21)27-11-6-8-15-30(27)36-33)29-19-17-22(20-35-29)23-12-9-13-25-24-10-5-7-14-28(24)34(2,3)32(23)25/h5-20H,4H2,1-3H3. The van der Waals surface area contributed by atoms with Crippen LogP contribution < -0.4 is 0 Å². The van der Waals surface area contributed by atoms with Gasteiger partial charge in [-0.3, -0.25) is 4.98 Å². The minimum Gasteiger partial charge on any atom is -0.455 e. The van der Waals surface area contributed by atoms with Crippen LogP contribution in [0.3, 0.4) is 0 Å². The molecule has 0 fully saturated rings. The van der Waals surface area contributed by atoms with E-state index in [1.807, 2.05) is 18.3 Å². The lowest BCUT2D eigenvalue weighted by Gasteiger charge is -2.24. The second-order valence-electron chi connectivity index (χ2n) is 10.3. The summed E-state index contributed by atoms with van der Waals surface area (Å²) in [5.74, 6) is 0. The van der Waals surface area contributed by atoms with Gasteiger partial charge in [-0.1, -0.05) is 93.6 Å². The first-order valence-corrected chi connectivity index (χ1v) is 12.7. The largest absolute Gasteiger partial charge is 0.455 e. The number of fused-ring (bicyclic) bond motifs is 6. The Hall–Kier alpha value is -4.17. The van der Waals surface area contributed by atoms with Crippen LogP contribution in [0.25, 0.3) is 55.4 Å². The summed E-state index contributed by atoms with van der Waals surface area (Å²) < 4.78 is 6.38. The molecule has 1 aliphatic carbocycles. The fourth-order valence-electron chi connectivity index (χ4n) is 6.19. The van der Waals surface area contributed by atoms with Gasteiger partial charge < -0.3 is 4.42 Å². The predicted octanol–water partition coefficient (Wildman–Crippen LogP) is 9.18. The van der Waals surface area contributed by atoms with Crippen molar-refractivity contribution in [3.05, 3.63) is 114 Å². The van der Waals surface area contributed by atoms with Crippen molar-refractivity contribution in [2.75, 3.05) is 0 Å². The smallest absolute Gasteiger partial charge is 0.145 e. The van der Waals surface area contributed by atoms with Crippen LogP contribution in [0.4, 0.5) is 0 Å². The first-order chi connectivity index (χ1) is 17.6. The van der Waals surface area contributed by atoms with Gasteiger partial charge in [0.05, 0.1) is 5.69 Å². The SMILES string of the molecule is CCc1ccc(-c2ccc(-c3cccc4c3C(C)(C)c3ccccc3-4)cn2)c2oc3ccccc3c12. The summed E-state index contributed by atoms with van der Waals surface area (Å²) in [6.07, 6.45) is 2.98. The Labute approximate surface area is 211 Å². The summed E-state index contributed by atoms with van der Waals surface area (Å²) >= 11 is 0. The molecule has 0 spiro atoms. The van der Waals surface area contributed by atoms with Gasteiger partial charge in [0.15, 0.2) is 0 Å². The van der Waals surface area contributed by atoms with E-state index in [2.05, 4.69) is 99.6 Å². The summed E-state index contributed by atoms with van der Waals surface area (Å²) in [6.45, 7) is 6.86. The lowest BCUT2D eigenvalue weighted by atomic mass is 9.79. The van der Waals surface area contributed by atoms with Crippen LogP contribution in [0.15, 0.2) is 102 Å². The zero-order chi connectivity index (χ0) is 24.4. The summed E-state index contributed by atoms with van der Waals surface area (Å²) in [5, 5.41) is 2.38. The Morgan fingerprint density at radius 1 is 0.722 bits per heavy atom. The molecule has 0 unspecified atom stereocenters. The Kier molecular flexibility index (Phi) is 4.50. The molecule has 36 heavy (non-hydrogen) atoms. The Morgan fingerprint density at radius 3 is 2.33 bits per heavy atom. The minimum absolute atomic E-state index is 0.0579. The Balaban J connectivity index is 1.37. The van der Waals surface area contributed by atoms with Crippen LogP contribution in [0.1, 0.15) is 37.5 Å². The van der Waals surface area contributed by atoms with Crippen molar-refractivity contribution in [3.63, 3.8) is 0 Å². The van der Waals surface area contributed by atoms with E-state index in [4.69, 9.17) is 9.40 Å². The van der Waals surface area contributed by atoms with Gasteiger partial charge in [-0.2, -0.15) is 0 Å². The number of para-hydroxylation sites is 1. The average molecular weight is 466 g/mol. The number of pyridine rings is 1. The van der Waals surface area contributed by atoms with E-state index in [0.717, 1.165) is 34.4 Å². The zero-order valence-electron chi connectivity index (χ0n) is 20.8. The van der Waals surface area contributed by atoms with E-state index < -0.39 is 0 Å². The maximum absolute atomic E-state index is 6.38. The number of nitrogens with zero attached hydrogens (tertiary/aromatic N) is 1. The van der Waals surface area contributed by atoms with Crippen LogP contribution in [-0.4, -0.2) is 4.98 Å². The number of benzene rings is 4. The number of rotatable bonds is 3. The highest BCUT2D eigenvalue weighted by molar-refractivity contribution is 6.11. The van der Waals surface area contributed by atoms with Gasteiger partial charge >= 0.3 is 0 Å². The highest BCUT2D eigenvalue weighted by Crippen LogP contribution is 2.52. The van der Waals surface area contributed by atoms with Gasteiger partial charge in [0.25, 0.3) is 0 Å². The van der Waals surface area contributed by atoms with Gasteiger partial charge in [0, 0.05) is 33.5 Å². The molecule has 0 saturated carbocycles. The maximum Gasteiger partial charge on any atom is 0.145 e. The molecule has 0 N–H and O–H groups in total. The molecule has 0 aliphatic heterocycles. The van der Waals surface area contributed by atoms with Crippen LogP contribution >= 0.6 is 0 Å². The van der Waals surface area contributed by atoms with Gasteiger partial charge in [-0.25, -0.2) is 0 Å². The normalized spacial score (nSPS) is 13.8. The van der Waals surface area contributed by atoms with Crippen molar-refractivity contribution in [3.8, 4) is 33.5 Å². The van der Waals surface area contributed by atoms with E-state index in [1.165, 1.54) is 44.2 Å². The highest BCUT2D eigenvalue weighted by atomic mass is 16.3. The number of hydrogen-bond donors (Lipinski definition) is 0. The number of furan rings is 1. The molecule has 0 saturated heterocycles. The van der Waals surface area contributed by atoms with Crippen LogP contribution in [0, 0.1) is 0 Å². The molecule has 7 rings (SSSR count). The topological polar surface area (TPSA) is 26.0 Å². The van der Waals surface area contributed by atoms with Crippen molar-refractivity contribution in [1.29, 1.82) is 0 Å². The third-order valence-electron chi connectivity index (χ3n) is 7.92. The summed E-state index contributed by atoms with van der Waals surface area (Å²) in [7, 11) is 0. The number of aromatic nitrogens is 1. The fraction of sp³-hybridized carbons (Fsp3) is 0.147. The van der Waals surface area contributed by atoms with E-state index in [1.54, 1.807) is 0 Å². The highest BCUT2D eigenvalue weighted by Gasteiger charge is 2.37. The quantitative estimate of drug-likeness (QED) is 0.260. The summed E-state index contributed by atoms with van der Waals surface area (Å²) in [5.41, 5.74) is 12.9. The van der Waals surface area contributed by atoms with Gasteiger partial charge in [0.2, 0.25) is 0 Å². The molecule has 2 heterocycles. The van der Waals surface area contributed by atoms with Crippen LogP contribution in [0.2, 0.25) is 0 Å². The lowest BCUT2D eigenvalue weighted by molar-refractivity contribution is 0.662. The van der Waals surface area contributed by atoms with E-state index in [9.17, 15) is 0 Å². The zero-order valence-corrected chi connectivity index (χ0v) is 20.8. The first-order valence-electron chi connectivity index (χ1n) is 12.7. The lowest BCUT2D eigenvalue weighted by Crippen LogP contribution is -2.16. The Bertz CT molecular complexity index is 1790. The molecule has 174 valence electrons. The van der Waals surface area contributed by atoms with Crippen molar-refractivity contribution < 1.29 is 4.42 Å². The minimum atomic E-state index is -0.0579. The number of aryl methyl sites for hydroxylation is 1. The van der Waals surface area contributed by atoms with Gasteiger partial charge in [-0.15, -0.1) is 0 Å². The van der Waals surface area contributed by atoms with Crippen molar-refractivity contribution in [2.45, 2.75) is 32.6 Å². The van der Waals surface area contributed by atoms with Crippen LogP contribution in [-0.2, 0) is 11.8 Å². The van der Waals surface area contributed by atoms with Crippen molar-refractivity contribution >= 4 is 21.9 Å². The molecule has 2 nitrogen and oxygen atoms in total. The van der Waals surface area contributed by atoms with E-state index in [-0.39, 0.29) is 5.41 Å². The maximum atomic E-state index is 6.38. The second kappa shape index (κ2) is 7.66. The van der Waals surface area contributed by atoms with E-state index >= 15 is 0 Å². The second-order valence-corrected chi connectivity index (χ2v) is 10.3.